The van der Waals surface area contributed by atoms with Crippen molar-refractivity contribution in [1.29, 1.82) is 0 Å². The number of hydrogen-bond acceptors (Lipinski definition) is 3. The Kier molecular flexibility index (Phi) is 3.73. The van der Waals surface area contributed by atoms with E-state index in [1.807, 2.05) is 0 Å². The zero-order valence-electron chi connectivity index (χ0n) is 8.95. The highest BCUT2D eigenvalue weighted by molar-refractivity contribution is 6.31. The van der Waals surface area contributed by atoms with Gasteiger partial charge in [-0.3, -0.25) is 5.84 Å². The molecule has 1 aromatic heterocycles. The highest BCUT2D eigenvalue weighted by Gasteiger charge is 2.14. The van der Waals surface area contributed by atoms with E-state index < -0.39 is 0 Å². The molecular formula is C11H12ClFN4. The van der Waals surface area contributed by atoms with Crippen molar-refractivity contribution in [2.75, 3.05) is 0 Å². The van der Waals surface area contributed by atoms with Gasteiger partial charge in [-0.2, -0.15) is 0 Å². The van der Waals surface area contributed by atoms with Crippen molar-refractivity contribution in [3.8, 4) is 0 Å². The van der Waals surface area contributed by atoms with E-state index in [1.54, 1.807) is 18.5 Å². The van der Waals surface area contributed by atoms with Gasteiger partial charge in [0.2, 0.25) is 0 Å². The molecular weight excluding hydrogens is 243 g/mol. The van der Waals surface area contributed by atoms with Crippen molar-refractivity contribution in [3.63, 3.8) is 0 Å². The summed E-state index contributed by atoms with van der Waals surface area (Å²) in [5.41, 5.74) is 3.46. The molecule has 2 aromatic rings. The van der Waals surface area contributed by atoms with Gasteiger partial charge in [0.25, 0.3) is 0 Å². The molecule has 0 aliphatic carbocycles. The van der Waals surface area contributed by atoms with E-state index in [9.17, 15) is 4.39 Å². The number of nitrogens with zero attached hydrogens (tertiary/aromatic N) is 1. The topological polar surface area (TPSA) is 66.7 Å². The maximum atomic E-state index is 12.9. The van der Waals surface area contributed by atoms with E-state index in [-0.39, 0.29) is 11.9 Å². The number of nitrogens with one attached hydrogen (secondary N) is 2. The molecule has 0 saturated heterocycles. The standard InChI is InChI=1S/C11H12ClFN4/c12-9-6-8(13)2-1-7(9)5-10(17-14)11-15-3-4-16-11/h1-4,6,10,17H,5,14H2,(H,15,16). The molecule has 1 heterocycles. The number of halogens is 2. The number of hydrazine groups is 1. The fourth-order valence-electron chi connectivity index (χ4n) is 1.61. The van der Waals surface area contributed by atoms with Crippen molar-refractivity contribution in [3.05, 3.63) is 52.8 Å². The van der Waals surface area contributed by atoms with Gasteiger partial charge in [-0.15, -0.1) is 0 Å². The molecule has 17 heavy (non-hydrogen) atoms. The van der Waals surface area contributed by atoms with E-state index >= 15 is 0 Å². The third-order valence-electron chi connectivity index (χ3n) is 2.49. The zero-order chi connectivity index (χ0) is 12.3. The maximum absolute atomic E-state index is 12.9. The lowest BCUT2D eigenvalue weighted by molar-refractivity contribution is 0.527. The Morgan fingerprint density at radius 1 is 1.53 bits per heavy atom. The molecule has 2 rings (SSSR count). The second kappa shape index (κ2) is 5.27. The number of H-pyrrole nitrogens is 1. The highest BCUT2D eigenvalue weighted by Crippen LogP contribution is 2.22. The Morgan fingerprint density at radius 3 is 2.94 bits per heavy atom. The predicted molar refractivity (Wildman–Crippen MR) is 63.8 cm³/mol. The molecule has 0 aliphatic heterocycles. The van der Waals surface area contributed by atoms with Gasteiger partial charge in [-0.05, 0) is 24.1 Å². The number of aromatic nitrogens is 2. The Hall–Kier alpha value is -1.43. The first kappa shape index (κ1) is 12.0. The summed E-state index contributed by atoms with van der Waals surface area (Å²) in [5.74, 6) is 5.83. The van der Waals surface area contributed by atoms with Crippen molar-refractivity contribution in [2.24, 2.45) is 5.84 Å². The number of benzene rings is 1. The maximum Gasteiger partial charge on any atom is 0.124 e. The van der Waals surface area contributed by atoms with Crippen molar-refractivity contribution in [2.45, 2.75) is 12.5 Å². The quantitative estimate of drug-likeness (QED) is 0.577. The Morgan fingerprint density at radius 2 is 2.35 bits per heavy atom. The van der Waals surface area contributed by atoms with Crippen molar-refractivity contribution < 1.29 is 4.39 Å². The summed E-state index contributed by atoms with van der Waals surface area (Å²) in [6.45, 7) is 0. The molecule has 90 valence electrons. The van der Waals surface area contributed by atoms with Crippen LogP contribution in [-0.4, -0.2) is 9.97 Å². The van der Waals surface area contributed by atoms with Crippen LogP contribution in [0.5, 0.6) is 0 Å². The summed E-state index contributed by atoms with van der Waals surface area (Å²) in [6.07, 6.45) is 3.89. The number of rotatable bonds is 4. The lowest BCUT2D eigenvalue weighted by atomic mass is 10.1. The molecule has 1 unspecified atom stereocenters. The molecule has 1 atom stereocenters. The molecule has 1 aromatic carbocycles. The Labute approximate surface area is 103 Å². The fourth-order valence-corrected chi connectivity index (χ4v) is 1.85. The molecule has 6 heteroatoms. The summed E-state index contributed by atoms with van der Waals surface area (Å²) >= 11 is 5.95. The van der Waals surface area contributed by atoms with E-state index in [0.29, 0.717) is 17.3 Å². The van der Waals surface area contributed by atoms with Crippen LogP contribution in [0.4, 0.5) is 4.39 Å². The third kappa shape index (κ3) is 2.82. The summed E-state index contributed by atoms with van der Waals surface area (Å²) in [6, 6.07) is 4.11. The first-order chi connectivity index (χ1) is 8.20. The molecule has 0 bridgehead atoms. The lowest BCUT2D eigenvalue weighted by Crippen LogP contribution is -2.30. The van der Waals surface area contributed by atoms with Crippen molar-refractivity contribution in [1.82, 2.24) is 15.4 Å². The predicted octanol–water partition coefficient (Wildman–Crippen LogP) is 1.95. The van der Waals surface area contributed by atoms with E-state index in [1.165, 1.54) is 12.1 Å². The second-order valence-corrected chi connectivity index (χ2v) is 4.04. The molecule has 0 spiro atoms. The third-order valence-corrected chi connectivity index (χ3v) is 2.84. The van der Waals surface area contributed by atoms with Gasteiger partial charge in [0.15, 0.2) is 0 Å². The molecule has 4 nitrogen and oxygen atoms in total. The van der Waals surface area contributed by atoms with Gasteiger partial charge in [0, 0.05) is 17.4 Å². The van der Waals surface area contributed by atoms with Crippen LogP contribution in [0.1, 0.15) is 17.4 Å². The SMILES string of the molecule is NNC(Cc1ccc(F)cc1Cl)c1ncc[nH]1. The second-order valence-electron chi connectivity index (χ2n) is 3.63. The highest BCUT2D eigenvalue weighted by atomic mass is 35.5. The van der Waals surface area contributed by atoms with Crippen LogP contribution in [0, 0.1) is 5.82 Å². The lowest BCUT2D eigenvalue weighted by Gasteiger charge is -2.14. The van der Waals surface area contributed by atoms with E-state index in [0.717, 1.165) is 5.56 Å². The molecule has 0 radical (unpaired) electrons. The smallest absolute Gasteiger partial charge is 0.124 e. The molecule has 4 N–H and O–H groups in total. The molecule has 0 fully saturated rings. The Bertz CT molecular complexity index is 486. The molecule has 0 saturated carbocycles. The minimum atomic E-state index is -0.353. The molecule has 0 amide bonds. The van der Waals surface area contributed by atoms with Gasteiger partial charge in [-0.1, -0.05) is 17.7 Å². The van der Waals surface area contributed by atoms with Crippen LogP contribution < -0.4 is 11.3 Å². The fraction of sp³-hybridized carbons (Fsp3) is 0.182. The van der Waals surface area contributed by atoms with E-state index in [4.69, 9.17) is 17.4 Å². The summed E-state index contributed by atoms with van der Waals surface area (Å²) < 4.78 is 12.9. The zero-order valence-corrected chi connectivity index (χ0v) is 9.71. The largest absolute Gasteiger partial charge is 0.347 e. The van der Waals surface area contributed by atoms with Crippen LogP contribution in [0.2, 0.25) is 5.02 Å². The van der Waals surface area contributed by atoms with E-state index in [2.05, 4.69) is 15.4 Å². The van der Waals surface area contributed by atoms with Gasteiger partial charge in [-0.25, -0.2) is 14.8 Å². The molecule has 0 aliphatic rings. The van der Waals surface area contributed by atoms with Crippen LogP contribution in [0.25, 0.3) is 0 Å². The number of hydrogen-bond donors (Lipinski definition) is 3. The van der Waals surface area contributed by atoms with Gasteiger partial charge < -0.3 is 4.98 Å². The van der Waals surface area contributed by atoms with Crippen LogP contribution >= 0.6 is 11.6 Å². The van der Waals surface area contributed by atoms with Gasteiger partial charge in [0.1, 0.15) is 11.6 Å². The Balaban J connectivity index is 2.19. The first-order valence-corrected chi connectivity index (χ1v) is 5.48. The monoisotopic (exact) mass is 254 g/mol. The minimum absolute atomic E-state index is 0.187. The summed E-state index contributed by atoms with van der Waals surface area (Å²) in [5, 5.41) is 0.386. The van der Waals surface area contributed by atoms with Crippen LogP contribution in [0.3, 0.4) is 0 Å². The van der Waals surface area contributed by atoms with Gasteiger partial charge >= 0.3 is 0 Å². The summed E-state index contributed by atoms with van der Waals surface area (Å²) in [4.78, 5) is 7.08. The number of aromatic amines is 1. The summed E-state index contributed by atoms with van der Waals surface area (Å²) in [7, 11) is 0. The number of nitrogens with two attached hydrogens (primary N) is 1. The van der Waals surface area contributed by atoms with Gasteiger partial charge in [0.05, 0.1) is 6.04 Å². The van der Waals surface area contributed by atoms with Crippen molar-refractivity contribution >= 4 is 11.6 Å². The number of imidazole rings is 1. The average molecular weight is 255 g/mol. The normalized spacial score (nSPS) is 12.6. The average Bonchev–Trinajstić information content (AvgIpc) is 2.81. The first-order valence-electron chi connectivity index (χ1n) is 5.10. The van der Waals surface area contributed by atoms with Crippen LogP contribution in [0.15, 0.2) is 30.6 Å². The minimum Gasteiger partial charge on any atom is -0.347 e. The van der Waals surface area contributed by atoms with Crippen LogP contribution in [-0.2, 0) is 6.42 Å².